The van der Waals surface area contributed by atoms with E-state index in [1.807, 2.05) is 19.1 Å². The van der Waals surface area contributed by atoms with Gasteiger partial charge in [0.1, 0.15) is 12.2 Å². The first kappa shape index (κ1) is 21.8. The lowest BCUT2D eigenvalue weighted by Gasteiger charge is -2.13. The van der Waals surface area contributed by atoms with Crippen molar-refractivity contribution in [3.05, 3.63) is 68.4 Å². The van der Waals surface area contributed by atoms with Crippen LogP contribution in [0.4, 0.5) is 16.2 Å². The maximum Gasteiger partial charge on any atom is 0.329 e. The number of hydrogen-bond donors (Lipinski definition) is 3. The first-order valence-corrected chi connectivity index (χ1v) is 9.48. The van der Waals surface area contributed by atoms with E-state index in [4.69, 9.17) is 11.6 Å². The van der Waals surface area contributed by atoms with Gasteiger partial charge in [0.25, 0.3) is 5.91 Å². The monoisotopic (exact) mass is 444 g/mol. The smallest absolute Gasteiger partial charge is 0.329 e. The van der Waals surface area contributed by atoms with Crippen LogP contribution in [-0.4, -0.2) is 39.3 Å². The molecule has 1 aliphatic heterocycles. The number of benzene rings is 2. The fourth-order valence-electron chi connectivity index (χ4n) is 3.01. The number of nitrogens with one attached hydrogen (secondary N) is 2. The summed E-state index contributed by atoms with van der Waals surface area (Å²) in [6.07, 6.45) is 1.74. The minimum atomic E-state index is -0.841. The number of carbonyl (C=O) groups excluding carboxylic acids is 3. The van der Waals surface area contributed by atoms with Gasteiger partial charge in [-0.3, -0.25) is 19.7 Å². The molecule has 160 valence electrons. The number of imide groups is 1. The minimum Gasteiger partial charge on any atom is -0.502 e. The number of carbonyl (C=O) groups is 3. The minimum absolute atomic E-state index is 0.0426. The number of nitrogens with zero attached hydrogens (tertiary/aromatic N) is 2. The number of amides is 4. The van der Waals surface area contributed by atoms with E-state index in [2.05, 4.69) is 10.6 Å². The van der Waals surface area contributed by atoms with Crippen LogP contribution in [0.2, 0.25) is 5.02 Å². The number of urea groups is 1. The van der Waals surface area contributed by atoms with E-state index in [9.17, 15) is 29.6 Å². The normalized spacial score (nSPS) is 14.6. The van der Waals surface area contributed by atoms with Crippen molar-refractivity contribution < 1.29 is 24.4 Å². The molecule has 11 heteroatoms. The molecule has 10 nitrogen and oxygen atoms in total. The highest BCUT2D eigenvalue weighted by Gasteiger charge is 2.35. The molecule has 1 heterocycles. The fraction of sp³-hybridized carbons (Fsp3) is 0.150. The number of nitro groups is 1. The molecule has 0 spiro atoms. The van der Waals surface area contributed by atoms with E-state index in [-0.39, 0.29) is 16.3 Å². The highest BCUT2D eigenvalue weighted by molar-refractivity contribution is 6.31. The summed E-state index contributed by atoms with van der Waals surface area (Å²) in [7, 11) is 0. The van der Waals surface area contributed by atoms with E-state index >= 15 is 0 Å². The molecule has 31 heavy (non-hydrogen) atoms. The largest absolute Gasteiger partial charge is 0.502 e. The summed E-state index contributed by atoms with van der Waals surface area (Å²) < 4.78 is 0. The molecule has 0 bridgehead atoms. The Kier molecular flexibility index (Phi) is 6.21. The zero-order valence-electron chi connectivity index (χ0n) is 16.2. The van der Waals surface area contributed by atoms with Gasteiger partial charge in [-0.2, -0.15) is 0 Å². The zero-order chi connectivity index (χ0) is 22.7. The first-order valence-electron chi connectivity index (χ1n) is 9.10. The molecule has 1 fully saturated rings. The van der Waals surface area contributed by atoms with Crippen LogP contribution in [0.3, 0.4) is 0 Å². The van der Waals surface area contributed by atoms with Crippen molar-refractivity contribution in [3.63, 3.8) is 0 Å². The van der Waals surface area contributed by atoms with Crippen LogP contribution in [0.5, 0.6) is 5.75 Å². The average molecular weight is 445 g/mol. The van der Waals surface area contributed by atoms with Crippen molar-refractivity contribution in [1.29, 1.82) is 0 Å². The van der Waals surface area contributed by atoms with E-state index in [1.165, 1.54) is 6.07 Å². The number of aromatic hydroxyl groups is 1. The third-order valence-electron chi connectivity index (χ3n) is 4.52. The summed E-state index contributed by atoms with van der Waals surface area (Å²) in [6.45, 7) is 1.39. The van der Waals surface area contributed by atoms with Crippen LogP contribution in [0, 0.1) is 10.1 Å². The van der Waals surface area contributed by atoms with E-state index in [0.29, 0.717) is 17.0 Å². The second-order valence-corrected chi connectivity index (χ2v) is 6.99. The second kappa shape index (κ2) is 8.84. The molecule has 0 aromatic heterocycles. The topological polar surface area (TPSA) is 142 Å². The molecule has 0 radical (unpaired) electrons. The van der Waals surface area contributed by atoms with Crippen LogP contribution < -0.4 is 10.6 Å². The van der Waals surface area contributed by atoms with Crippen molar-refractivity contribution in [2.24, 2.45) is 0 Å². The molecule has 0 atom stereocenters. The standard InChI is InChI=1S/C20H17ClN4O6/c1-2-11-5-3-4-6-14(11)22-17(26)10-24-19(28)15(23-20(24)29)8-12-7-13(21)9-16(18(12)27)25(30)31/h3-9,27H,2,10H2,1H3,(H,22,26)(H,23,29)/b15-8+. The molecular formula is C20H17ClN4O6. The van der Waals surface area contributed by atoms with Crippen LogP contribution in [0.1, 0.15) is 18.1 Å². The van der Waals surface area contributed by atoms with Crippen molar-refractivity contribution in [1.82, 2.24) is 10.2 Å². The van der Waals surface area contributed by atoms with Crippen molar-refractivity contribution in [2.75, 3.05) is 11.9 Å². The van der Waals surface area contributed by atoms with Crippen molar-refractivity contribution in [3.8, 4) is 5.75 Å². The molecular weight excluding hydrogens is 428 g/mol. The third-order valence-corrected chi connectivity index (χ3v) is 4.74. The van der Waals surface area contributed by atoms with Crippen LogP contribution >= 0.6 is 11.6 Å². The van der Waals surface area contributed by atoms with Gasteiger partial charge in [-0.15, -0.1) is 0 Å². The van der Waals surface area contributed by atoms with Gasteiger partial charge in [-0.05, 0) is 30.2 Å². The number of phenolic OH excluding ortho intramolecular Hbond substituents is 1. The fourth-order valence-corrected chi connectivity index (χ4v) is 3.23. The van der Waals surface area contributed by atoms with Crippen LogP contribution in [0.25, 0.3) is 6.08 Å². The number of hydrogen-bond acceptors (Lipinski definition) is 6. The van der Waals surface area contributed by atoms with E-state index < -0.39 is 40.8 Å². The second-order valence-electron chi connectivity index (χ2n) is 6.56. The molecule has 3 N–H and O–H groups in total. The Balaban J connectivity index is 1.80. The third kappa shape index (κ3) is 4.64. The molecule has 2 aromatic rings. The number of para-hydroxylation sites is 1. The summed E-state index contributed by atoms with van der Waals surface area (Å²) in [5.41, 5.74) is 0.423. The predicted molar refractivity (Wildman–Crippen MR) is 112 cm³/mol. The lowest BCUT2D eigenvalue weighted by Crippen LogP contribution is -2.38. The number of phenols is 1. The maximum atomic E-state index is 12.6. The van der Waals surface area contributed by atoms with Crippen LogP contribution in [0.15, 0.2) is 42.1 Å². The van der Waals surface area contributed by atoms with Crippen molar-refractivity contribution >= 4 is 46.9 Å². The van der Waals surface area contributed by atoms with Gasteiger partial charge in [0.15, 0.2) is 0 Å². The Morgan fingerprint density at radius 3 is 2.71 bits per heavy atom. The quantitative estimate of drug-likeness (QED) is 0.270. The highest BCUT2D eigenvalue weighted by atomic mass is 35.5. The molecule has 0 saturated carbocycles. The maximum absolute atomic E-state index is 12.6. The Hall–Kier alpha value is -3.92. The lowest BCUT2D eigenvalue weighted by atomic mass is 10.1. The van der Waals surface area contributed by atoms with Gasteiger partial charge in [0, 0.05) is 22.3 Å². The van der Waals surface area contributed by atoms with Crippen LogP contribution in [-0.2, 0) is 16.0 Å². The molecule has 1 aliphatic rings. The molecule has 0 unspecified atom stereocenters. The van der Waals surface area contributed by atoms with Gasteiger partial charge in [-0.25, -0.2) is 9.69 Å². The molecule has 1 saturated heterocycles. The number of halogens is 1. The summed E-state index contributed by atoms with van der Waals surface area (Å²) in [6, 6.07) is 8.46. The van der Waals surface area contributed by atoms with E-state index in [1.54, 1.807) is 12.1 Å². The Bertz CT molecular complexity index is 1130. The van der Waals surface area contributed by atoms with Gasteiger partial charge in [0.05, 0.1) is 4.92 Å². The SMILES string of the molecule is CCc1ccccc1NC(=O)CN1C(=O)N/C(=C/c2cc(Cl)cc([N+](=O)[O-])c2O)C1=O. The molecule has 2 aromatic carbocycles. The van der Waals surface area contributed by atoms with Gasteiger partial charge in [-0.1, -0.05) is 36.7 Å². The summed E-state index contributed by atoms with van der Waals surface area (Å²) in [5.74, 6) is -2.12. The highest BCUT2D eigenvalue weighted by Crippen LogP contribution is 2.34. The van der Waals surface area contributed by atoms with Crippen molar-refractivity contribution in [2.45, 2.75) is 13.3 Å². The molecule has 0 aliphatic carbocycles. The number of anilines is 1. The first-order chi connectivity index (χ1) is 14.7. The number of aryl methyl sites for hydroxylation is 1. The summed E-state index contributed by atoms with van der Waals surface area (Å²) in [5, 5.41) is 26.0. The Morgan fingerprint density at radius 2 is 2.03 bits per heavy atom. The number of rotatable bonds is 6. The van der Waals surface area contributed by atoms with Gasteiger partial charge >= 0.3 is 11.7 Å². The summed E-state index contributed by atoms with van der Waals surface area (Å²) >= 11 is 5.84. The number of nitro benzene ring substituents is 1. The molecule has 4 amide bonds. The van der Waals surface area contributed by atoms with Gasteiger partial charge in [0.2, 0.25) is 11.7 Å². The lowest BCUT2D eigenvalue weighted by molar-refractivity contribution is -0.385. The average Bonchev–Trinajstić information content (AvgIpc) is 2.98. The predicted octanol–water partition coefficient (Wildman–Crippen LogP) is 3.05. The Labute approximate surface area is 181 Å². The van der Waals surface area contributed by atoms with E-state index in [0.717, 1.165) is 17.7 Å². The Morgan fingerprint density at radius 1 is 1.32 bits per heavy atom. The summed E-state index contributed by atoms with van der Waals surface area (Å²) in [4.78, 5) is 48.0. The zero-order valence-corrected chi connectivity index (χ0v) is 17.0. The van der Waals surface area contributed by atoms with Gasteiger partial charge < -0.3 is 15.7 Å². The molecule has 3 rings (SSSR count).